The number of rotatable bonds is 3. The van der Waals surface area contributed by atoms with E-state index < -0.39 is 16.9 Å². The van der Waals surface area contributed by atoms with Crippen molar-refractivity contribution in [3.05, 3.63) is 50.2 Å². The van der Waals surface area contributed by atoms with E-state index in [0.717, 1.165) is 0 Å². The number of esters is 1. The second-order valence-electron chi connectivity index (χ2n) is 4.52. The molecule has 1 aromatic rings. The maximum atomic E-state index is 12.0. The van der Waals surface area contributed by atoms with E-state index in [-0.39, 0.29) is 21.4 Å². The molecule has 1 aromatic carbocycles. The minimum absolute atomic E-state index is 0.132. The number of allylic oxidation sites excluding steroid dienone is 1. The predicted octanol–water partition coefficient (Wildman–Crippen LogP) is 2.21. The Labute approximate surface area is 136 Å². The first kappa shape index (κ1) is 16.2. The van der Waals surface area contributed by atoms with Crippen LogP contribution in [-0.2, 0) is 9.53 Å². The van der Waals surface area contributed by atoms with Gasteiger partial charge in [0.1, 0.15) is 0 Å². The molecule has 0 saturated heterocycles. The number of nitro benzene ring substituents is 1. The van der Waals surface area contributed by atoms with Gasteiger partial charge in [-0.15, -0.1) is 0 Å². The fourth-order valence-electron chi connectivity index (χ4n) is 2.17. The third kappa shape index (κ3) is 3.02. The summed E-state index contributed by atoms with van der Waals surface area (Å²) < 4.78 is 4.77. The van der Waals surface area contributed by atoms with E-state index >= 15 is 0 Å². The third-order valence-corrected chi connectivity index (χ3v) is 3.74. The molecule has 0 aromatic heterocycles. The van der Waals surface area contributed by atoms with Crippen LogP contribution in [0.15, 0.2) is 29.5 Å². The van der Waals surface area contributed by atoms with E-state index in [9.17, 15) is 14.9 Å². The van der Waals surface area contributed by atoms with E-state index in [1.165, 1.54) is 25.3 Å². The van der Waals surface area contributed by atoms with Crippen molar-refractivity contribution < 1.29 is 14.5 Å². The van der Waals surface area contributed by atoms with Crippen LogP contribution < -0.4 is 10.6 Å². The Morgan fingerprint density at radius 3 is 2.77 bits per heavy atom. The molecule has 116 valence electrons. The average Bonchev–Trinajstić information content (AvgIpc) is 2.46. The van der Waals surface area contributed by atoms with Gasteiger partial charge in [-0.2, -0.15) is 0 Å². The zero-order chi connectivity index (χ0) is 16.4. The van der Waals surface area contributed by atoms with Crippen molar-refractivity contribution >= 4 is 40.6 Å². The Hall–Kier alpha value is -2.19. The second-order valence-corrected chi connectivity index (χ2v) is 5.34. The molecule has 9 heteroatoms. The first-order chi connectivity index (χ1) is 10.3. The monoisotopic (exact) mass is 341 g/mol. The number of thiocarbonyl (C=S) groups is 1. The van der Waals surface area contributed by atoms with Gasteiger partial charge in [0.05, 0.1) is 23.6 Å². The largest absolute Gasteiger partial charge is 0.466 e. The quantitative estimate of drug-likeness (QED) is 0.377. The normalized spacial score (nSPS) is 17.6. The SMILES string of the molecule is COC(=O)C1=C(C)NC(=S)N[C@@H]1c1cc([N+](=O)[O-])ccc1Cl. The van der Waals surface area contributed by atoms with Gasteiger partial charge in [0, 0.05) is 28.4 Å². The van der Waals surface area contributed by atoms with Gasteiger partial charge < -0.3 is 15.4 Å². The number of halogens is 1. The molecule has 0 radical (unpaired) electrons. The zero-order valence-corrected chi connectivity index (χ0v) is 13.2. The molecule has 0 spiro atoms. The van der Waals surface area contributed by atoms with Crippen molar-refractivity contribution in [3.8, 4) is 0 Å². The lowest BCUT2D eigenvalue weighted by atomic mass is 9.95. The summed E-state index contributed by atoms with van der Waals surface area (Å²) in [5.41, 5.74) is 1.01. The van der Waals surface area contributed by atoms with Crippen molar-refractivity contribution in [1.82, 2.24) is 10.6 Å². The highest BCUT2D eigenvalue weighted by Gasteiger charge is 2.32. The number of benzene rings is 1. The number of hydrogen-bond acceptors (Lipinski definition) is 5. The lowest BCUT2D eigenvalue weighted by Crippen LogP contribution is -2.45. The zero-order valence-electron chi connectivity index (χ0n) is 11.7. The van der Waals surface area contributed by atoms with Gasteiger partial charge in [0.2, 0.25) is 0 Å². The van der Waals surface area contributed by atoms with Crippen molar-refractivity contribution in [2.75, 3.05) is 7.11 Å². The highest BCUT2D eigenvalue weighted by molar-refractivity contribution is 7.80. The summed E-state index contributed by atoms with van der Waals surface area (Å²) in [7, 11) is 1.25. The molecule has 0 aliphatic carbocycles. The first-order valence-corrected chi connectivity index (χ1v) is 6.94. The third-order valence-electron chi connectivity index (χ3n) is 3.18. The molecule has 2 N–H and O–H groups in total. The minimum atomic E-state index is -0.728. The predicted molar refractivity (Wildman–Crippen MR) is 84.4 cm³/mol. The van der Waals surface area contributed by atoms with E-state index in [1.54, 1.807) is 6.92 Å². The number of carbonyl (C=O) groups excluding carboxylic acids is 1. The number of carbonyl (C=O) groups is 1. The molecule has 0 fully saturated rings. The molecule has 1 heterocycles. The number of methoxy groups -OCH3 is 1. The smallest absolute Gasteiger partial charge is 0.337 e. The number of ether oxygens (including phenoxy) is 1. The molecule has 7 nitrogen and oxygen atoms in total. The molecule has 1 atom stereocenters. The summed E-state index contributed by atoms with van der Waals surface area (Å²) in [6.45, 7) is 1.66. The number of nitro groups is 1. The van der Waals surface area contributed by atoms with Crippen LogP contribution in [0.3, 0.4) is 0 Å². The summed E-state index contributed by atoms with van der Waals surface area (Å²) in [6.07, 6.45) is 0. The van der Waals surface area contributed by atoms with Gasteiger partial charge >= 0.3 is 5.97 Å². The highest BCUT2D eigenvalue weighted by Crippen LogP contribution is 2.34. The Kier molecular flexibility index (Phi) is 4.62. The summed E-state index contributed by atoms with van der Waals surface area (Å²) >= 11 is 11.2. The second kappa shape index (κ2) is 6.29. The van der Waals surface area contributed by atoms with E-state index in [0.29, 0.717) is 11.3 Å². The fourth-order valence-corrected chi connectivity index (χ4v) is 2.67. The lowest BCUT2D eigenvalue weighted by molar-refractivity contribution is -0.384. The van der Waals surface area contributed by atoms with E-state index in [4.69, 9.17) is 28.6 Å². The highest BCUT2D eigenvalue weighted by atomic mass is 35.5. The Morgan fingerprint density at radius 1 is 1.50 bits per heavy atom. The Balaban J connectivity index is 2.60. The van der Waals surface area contributed by atoms with Crippen LogP contribution in [0.1, 0.15) is 18.5 Å². The van der Waals surface area contributed by atoms with Crippen LogP contribution in [0.2, 0.25) is 5.02 Å². The molecular weight excluding hydrogens is 330 g/mol. The molecule has 0 unspecified atom stereocenters. The summed E-state index contributed by atoms with van der Waals surface area (Å²) in [4.78, 5) is 22.4. The first-order valence-electron chi connectivity index (χ1n) is 6.15. The van der Waals surface area contributed by atoms with Gasteiger partial charge in [-0.3, -0.25) is 10.1 Å². The minimum Gasteiger partial charge on any atom is -0.466 e. The van der Waals surface area contributed by atoms with Crippen LogP contribution >= 0.6 is 23.8 Å². The molecule has 0 amide bonds. The van der Waals surface area contributed by atoms with Gasteiger partial charge in [0.25, 0.3) is 5.69 Å². The molecule has 0 bridgehead atoms. The summed E-state index contributed by atoms with van der Waals surface area (Å²) in [6, 6.07) is 3.28. The van der Waals surface area contributed by atoms with Crippen molar-refractivity contribution in [3.63, 3.8) is 0 Å². The average molecular weight is 342 g/mol. The van der Waals surface area contributed by atoms with E-state index in [2.05, 4.69) is 10.6 Å². The standard InChI is InChI=1S/C13H12ClN3O4S/c1-6-10(12(18)21-2)11(16-13(22)15-6)8-5-7(17(19)20)3-4-9(8)14/h3-5,11H,1-2H3,(H2,15,16,22)/t11-/m1/s1. The van der Waals surface area contributed by atoms with Crippen molar-refractivity contribution in [2.24, 2.45) is 0 Å². The van der Waals surface area contributed by atoms with Crippen LogP contribution in [0.4, 0.5) is 5.69 Å². The Morgan fingerprint density at radius 2 is 2.18 bits per heavy atom. The lowest BCUT2D eigenvalue weighted by Gasteiger charge is -2.29. The molecule has 2 rings (SSSR count). The van der Waals surface area contributed by atoms with Gasteiger partial charge in [-0.1, -0.05) is 11.6 Å². The van der Waals surface area contributed by atoms with Crippen molar-refractivity contribution in [2.45, 2.75) is 13.0 Å². The molecule has 1 aliphatic rings. The summed E-state index contributed by atoms with van der Waals surface area (Å²) in [5.74, 6) is -0.576. The number of non-ortho nitro benzene ring substituents is 1. The Bertz CT molecular complexity index is 705. The molecule has 0 saturated carbocycles. The van der Waals surface area contributed by atoms with Crippen LogP contribution in [0.5, 0.6) is 0 Å². The fraction of sp³-hybridized carbons (Fsp3) is 0.231. The topological polar surface area (TPSA) is 93.5 Å². The van der Waals surface area contributed by atoms with Crippen LogP contribution in [-0.4, -0.2) is 23.1 Å². The van der Waals surface area contributed by atoms with E-state index in [1.807, 2.05) is 0 Å². The van der Waals surface area contributed by atoms with Gasteiger partial charge in [-0.25, -0.2) is 4.79 Å². The van der Waals surface area contributed by atoms with Gasteiger partial charge in [-0.05, 0) is 25.2 Å². The van der Waals surface area contributed by atoms with Crippen LogP contribution in [0, 0.1) is 10.1 Å². The number of hydrogen-bond donors (Lipinski definition) is 2. The molecule has 22 heavy (non-hydrogen) atoms. The number of nitrogens with zero attached hydrogens (tertiary/aromatic N) is 1. The van der Waals surface area contributed by atoms with Crippen LogP contribution in [0.25, 0.3) is 0 Å². The molecular formula is C13H12ClN3O4S. The maximum absolute atomic E-state index is 12.0. The maximum Gasteiger partial charge on any atom is 0.337 e. The number of nitrogens with one attached hydrogen (secondary N) is 2. The van der Waals surface area contributed by atoms with Crippen molar-refractivity contribution in [1.29, 1.82) is 0 Å². The molecule has 1 aliphatic heterocycles. The van der Waals surface area contributed by atoms with Gasteiger partial charge in [0.15, 0.2) is 5.11 Å². The summed E-state index contributed by atoms with van der Waals surface area (Å²) in [5, 5.41) is 17.2.